The quantitative estimate of drug-likeness (QED) is 0.757. The molecule has 154 valence electrons. The number of hydrogen-bond acceptors (Lipinski definition) is 5. The third-order valence-corrected chi connectivity index (χ3v) is 6.88. The molecule has 29 heavy (non-hydrogen) atoms. The monoisotopic (exact) mass is 416 g/mol. The summed E-state index contributed by atoms with van der Waals surface area (Å²) in [6.07, 6.45) is 1.94. The van der Waals surface area contributed by atoms with Crippen LogP contribution in [-0.4, -0.2) is 44.3 Å². The van der Waals surface area contributed by atoms with Crippen LogP contribution in [0.4, 0.5) is 5.69 Å². The fraction of sp³-hybridized carbons (Fsp3) is 0.333. The average Bonchev–Trinajstić information content (AvgIpc) is 2.74. The maximum atomic E-state index is 13.1. The first-order chi connectivity index (χ1) is 13.8. The molecule has 0 aliphatic carbocycles. The predicted octanol–water partition coefficient (Wildman–Crippen LogP) is 2.96. The van der Waals surface area contributed by atoms with Gasteiger partial charge in [0.15, 0.2) is 0 Å². The van der Waals surface area contributed by atoms with Crippen LogP contribution >= 0.6 is 0 Å². The van der Waals surface area contributed by atoms with Crippen molar-refractivity contribution in [1.82, 2.24) is 4.31 Å². The lowest BCUT2D eigenvalue weighted by Gasteiger charge is -2.33. The lowest BCUT2D eigenvalue weighted by atomic mass is 10.0. The number of piperidine rings is 1. The van der Waals surface area contributed by atoms with Gasteiger partial charge in [0.1, 0.15) is 6.04 Å². The Morgan fingerprint density at radius 2 is 1.69 bits per heavy atom. The van der Waals surface area contributed by atoms with Gasteiger partial charge in [-0.25, -0.2) is 13.2 Å². The second kappa shape index (κ2) is 8.75. The maximum absolute atomic E-state index is 13.1. The van der Waals surface area contributed by atoms with Gasteiger partial charge in [0.05, 0.1) is 17.6 Å². The number of amides is 1. The molecule has 0 bridgehead atoms. The van der Waals surface area contributed by atoms with Crippen molar-refractivity contribution in [3.8, 4) is 0 Å². The van der Waals surface area contributed by atoms with Gasteiger partial charge in [0.25, 0.3) is 0 Å². The summed E-state index contributed by atoms with van der Waals surface area (Å²) in [4.78, 5) is 24.6. The number of rotatable bonds is 5. The van der Waals surface area contributed by atoms with Crippen molar-refractivity contribution in [2.24, 2.45) is 0 Å². The number of aryl methyl sites for hydroxylation is 1. The van der Waals surface area contributed by atoms with Crippen LogP contribution in [0.25, 0.3) is 0 Å². The number of carbonyl (C=O) groups is 2. The Balaban J connectivity index is 1.79. The van der Waals surface area contributed by atoms with Gasteiger partial charge in [0, 0.05) is 12.2 Å². The highest BCUT2D eigenvalue weighted by molar-refractivity contribution is 7.89. The van der Waals surface area contributed by atoms with Crippen molar-refractivity contribution < 1.29 is 22.7 Å². The largest absolute Gasteiger partial charge is 0.465 e. The van der Waals surface area contributed by atoms with Crippen LogP contribution in [0, 0.1) is 6.92 Å². The first-order valence-corrected chi connectivity index (χ1v) is 10.8. The van der Waals surface area contributed by atoms with Gasteiger partial charge in [-0.05, 0) is 56.2 Å². The SMILES string of the molecule is COC(=O)c1ccc(NC(=O)[C@@H]2CCCCN2S(=O)(=O)c2ccc(C)cc2)cc1. The Morgan fingerprint density at radius 1 is 1.03 bits per heavy atom. The van der Waals surface area contributed by atoms with E-state index in [9.17, 15) is 18.0 Å². The van der Waals surface area contributed by atoms with Gasteiger partial charge in [-0.2, -0.15) is 4.31 Å². The van der Waals surface area contributed by atoms with Crippen LogP contribution in [0.2, 0.25) is 0 Å². The molecule has 1 saturated heterocycles. The van der Waals surface area contributed by atoms with E-state index in [0.717, 1.165) is 12.0 Å². The molecule has 1 aliphatic heterocycles. The Morgan fingerprint density at radius 3 is 2.31 bits per heavy atom. The second-order valence-electron chi connectivity index (χ2n) is 7.00. The first kappa shape index (κ1) is 21.0. The standard InChI is InChI=1S/C21H24N2O5S/c1-15-6-12-18(13-7-15)29(26,27)23-14-4-3-5-19(23)20(24)22-17-10-8-16(9-11-17)21(25)28-2/h6-13,19H,3-5,14H2,1-2H3,(H,22,24)/t19-/m0/s1. The number of hydrogen-bond donors (Lipinski definition) is 1. The van der Waals surface area contributed by atoms with E-state index in [1.165, 1.54) is 11.4 Å². The normalized spacial score (nSPS) is 17.5. The Kier molecular flexibility index (Phi) is 6.34. The van der Waals surface area contributed by atoms with E-state index in [1.807, 2.05) is 6.92 Å². The zero-order valence-corrected chi connectivity index (χ0v) is 17.2. The highest BCUT2D eigenvalue weighted by Crippen LogP contribution is 2.26. The van der Waals surface area contributed by atoms with Crippen LogP contribution < -0.4 is 5.32 Å². The number of anilines is 1. The Labute approximate surface area is 170 Å². The third kappa shape index (κ3) is 4.65. The minimum atomic E-state index is -3.78. The summed E-state index contributed by atoms with van der Waals surface area (Å²) in [7, 11) is -2.48. The van der Waals surface area contributed by atoms with Gasteiger partial charge < -0.3 is 10.1 Å². The van der Waals surface area contributed by atoms with Crippen molar-refractivity contribution in [2.75, 3.05) is 19.0 Å². The fourth-order valence-electron chi connectivity index (χ4n) is 3.33. The van der Waals surface area contributed by atoms with Crippen molar-refractivity contribution in [3.05, 3.63) is 59.7 Å². The van der Waals surface area contributed by atoms with Gasteiger partial charge in [-0.1, -0.05) is 24.1 Å². The van der Waals surface area contributed by atoms with Crippen molar-refractivity contribution in [2.45, 2.75) is 37.1 Å². The van der Waals surface area contributed by atoms with E-state index in [0.29, 0.717) is 30.6 Å². The predicted molar refractivity (Wildman–Crippen MR) is 109 cm³/mol. The number of ether oxygens (including phenoxy) is 1. The molecule has 3 rings (SSSR count). The summed E-state index contributed by atoms with van der Waals surface area (Å²) in [6, 6.07) is 12.1. The van der Waals surface area contributed by atoms with E-state index >= 15 is 0 Å². The van der Waals surface area contributed by atoms with Crippen LogP contribution in [-0.2, 0) is 19.6 Å². The summed E-state index contributed by atoms with van der Waals surface area (Å²) in [5.74, 6) is -0.850. The number of nitrogens with zero attached hydrogens (tertiary/aromatic N) is 1. The number of esters is 1. The number of sulfonamides is 1. The Bertz CT molecular complexity index is 985. The molecule has 0 spiro atoms. The van der Waals surface area contributed by atoms with Gasteiger partial charge >= 0.3 is 5.97 Å². The molecule has 2 aromatic carbocycles. The van der Waals surface area contributed by atoms with Crippen LogP contribution in [0.5, 0.6) is 0 Å². The molecule has 1 aliphatic rings. The highest BCUT2D eigenvalue weighted by atomic mass is 32.2. The molecule has 8 heteroatoms. The van der Waals surface area contributed by atoms with E-state index < -0.39 is 22.0 Å². The molecule has 1 amide bonds. The molecule has 0 aromatic heterocycles. The topological polar surface area (TPSA) is 92.8 Å². The minimum Gasteiger partial charge on any atom is -0.465 e. The van der Waals surface area contributed by atoms with Crippen LogP contribution in [0.15, 0.2) is 53.4 Å². The van der Waals surface area contributed by atoms with E-state index in [-0.39, 0.29) is 10.8 Å². The van der Waals surface area contributed by atoms with Gasteiger partial charge in [0.2, 0.25) is 15.9 Å². The molecule has 1 atom stereocenters. The zero-order valence-electron chi connectivity index (χ0n) is 16.4. The van der Waals surface area contributed by atoms with Crippen molar-refractivity contribution in [3.63, 3.8) is 0 Å². The summed E-state index contributed by atoms with van der Waals surface area (Å²) in [6.45, 7) is 2.19. The number of benzene rings is 2. The lowest BCUT2D eigenvalue weighted by molar-refractivity contribution is -0.120. The fourth-order valence-corrected chi connectivity index (χ4v) is 4.99. The summed E-state index contributed by atoms with van der Waals surface area (Å²) >= 11 is 0. The second-order valence-corrected chi connectivity index (χ2v) is 8.89. The molecular weight excluding hydrogens is 392 g/mol. The lowest BCUT2D eigenvalue weighted by Crippen LogP contribution is -2.49. The summed E-state index contributed by atoms with van der Waals surface area (Å²) in [5.41, 5.74) is 1.82. The average molecular weight is 416 g/mol. The highest BCUT2D eigenvalue weighted by Gasteiger charge is 2.37. The summed E-state index contributed by atoms with van der Waals surface area (Å²) in [5, 5.41) is 2.76. The molecule has 0 saturated carbocycles. The maximum Gasteiger partial charge on any atom is 0.337 e. The van der Waals surface area contributed by atoms with Crippen molar-refractivity contribution in [1.29, 1.82) is 0 Å². The van der Waals surface area contributed by atoms with Gasteiger partial charge in [-0.3, -0.25) is 4.79 Å². The smallest absolute Gasteiger partial charge is 0.337 e. The third-order valence-electron chi connectivity index (χ3n) is 4.96. The summed E-state index contributed by atoms with van der Waals surface area (Å²) < 4.78 is 32.2. The van der Waals surface area contributed by atoms with E-state index in [2.05, 4.69) is 10.1 Å². The Hall–Kier alpha value is -2.71. The number of methoxy groups -OCH3 is 1. The minimum absolute atomic E-state index is 0.185. The number of carbonyl (C=O) groups excluding carboxylic acids is 2. The van der Waals surface area contributed by atoms with E-state index in [1.54, 1.807) is 48.5 Å². The number of nitrogens with one attached hydrogen (secondary N) is 1. The van der Waals surface area contributed by atoms with Crippen LogP contribution in [0.3, 0.4) is 0 Å². The first-order valence-electron chi connectivity index (χ1n) is 9.40. The molecule has 1 heterocycles. The van der Waals surface area contributed by atoms with E-state index in [4.69, 9.17) is 0 Å². The molecule has 0 radical (unpaired) electrons. The van der Waals surface area contributed by atoms with Crippen LogP contribution in [0.1, 0.15) is 35.2 Å². The molecule has 1 fully saturated rings. The van der Waals surface area contributed by atoms with Crippen molar-refractivity contribution >= 4 is 27.6 Å². The molecule has 7 nitrogen and oxygen atoms in total. The molecule has 1 N–H and O–H groups in total. The molecular formula is C21H24N2O5S. The van der Waals surface area contributed by atoms with Gasteiger partial charge in [-0.15, -0.1) is 0 Å². The molecule has 0 unspecified atom stereocenters. The molecule has 2 aromatic rings. The zero-order chi connectivity index (χ0) is 21.0.